The standard InChI is InChI=1S/C13H17BrN2O5/c1-4-20-12(17)13(2,15-3)8-21-11-9(14)6-5-7-10(11)16(18)19/h5-7,15H,4,8H2,1-3H3. The third kappa shape index (κ3) is 4.15. The van der Waals surface area contributed by atoms with Gasteiger partial charge in [0.05, 0.1) is 16.0 Å². The van der Waals surface area contributed by atoms with E-state index in [4.69, 9.17) is 9.47 Å². The lowest BCUT2D eigenvalue weighted by molar-refractivity contribution is -0.386. The minimum Gasteiger partial charge on any atom is -0.483 e. The summed E-state index contributed by atoms with van der Waals surface area (Å²) in [5, 5.41) is 13.8. The molecule has 1 atom stereocenters. The number of nitro benzene ring substituents is 1. The normalized spacial score (nSPS) is 13.3. The molecule has 0 fully saturated rings. The second kappa shape index (κ2) is 7.37. The first-order valence-corrected chi connectivity index (χ1v) is 7.07. The Hall–Kier alpha value is -1.67. The van der Waals surface area contributed by atoms with E-state index in [2.05, 4.69) is 21.2 Å². The molecule has 0 amide bonds. The van der Waals surface area contributed by atoms with Crippen LogP contribution >= 0.6 is 15.9 Å². The van der Waals surface area contributed by atoms with Crippen molar-refractivity contribution >= 4 is 27.6 Å². The Bertz CT molecular complexity index is 537. The van der Waals surface area contributed by atoms with Gasteiger partial charge in [0.1, 0.15) is 12.1 Å². The van der Waals surface area contributed by atoms with E-state index in [0.717, 1.165) is 0 Å². The van der Waals surface area contributed by atoms with Gasteiger partial charge in [-0.25, -0.2) is 4.79 Å². The van der Waals surface area contributed by atoms with Crippen LogP contribution in [0.3, 0.4) is 0 Å². The quantitative estimate of drug-likeness (QED) is 0.455. The summed E-state index contributed by atoms with van der Waals surface area (Å²) in [4.78, 5) is 22.4. The van der Waals surface area contributed by atoms with Crippen LogP contribution < -0.4 is 10.1 Å². The largest absolute Gasteiger partial charge is 0.483 e. The second-order valence-corrected chi connectivity index (χ2v) is 5.29. The molecule has 0 aliphatic heterocycles. The summed E-state index contributed by atoms with van der Waals surface area (Å²) < 4.78 is 10.9. The number of nitrogens with zero attached hydrogens (tertiary/aromatic N) is 1. The van der Waals surface area contributed by atoms with Gasteiger partial charge >= 0.3 is 11.7 Å². The number of halogens is 1. The number of ether oxygens (including phenoxy) is 2. The van der Waals surface area contributed by atoms with Crippen molar-refractivity contribution in [3.05, 3.63) is 32.8 Å². The lowest BCUT2D eigenvalue weighted by Crippen LogP contribution is -2.53. The van der Waals surface area contributed by atoms with Crippen LogP contribution in [-0.2, 0) is 9.53 Å². The van der Waals surface area contributed by atoms with Crippen LogP contribution in [0.1, 0.15) is 13.8 Å². The number of rotatable bonds is 7. The number of likely N-dealkylation sites (N-methyl/N-ethyl adjacent to an activating group) is 1. The summed E-state index contributed by atoms with van der Waals surface area (Å²) >= 11 is 3.21. The molecule has 0 spiro atoms. The van der Waals surface area contributed by atoms with Crippen molar-refractivity contribution in [1.29, 1.82) is 0 Å². The molecule has 0 aliphatic rings. The number of para-hydroxylation sites is 1. The van der Waals surface area contributed by atoms with Gasteiger partial charge in [-0.2, -0.15) is 0 Å². The third-order valence-corrected chi connectivity index (χ3v) is 3.55. The molecule has 0 aromatic heterocycles. The number of hydrogen-bond acceptors (Lipinski definition) is 6. The zero-order valence-electron chi connectivity index (χ0n) is 12.0. The van der Waals surface area contributed by atoms with Crippen molar-refractivity contribution < 1.29 is 19.2 Å². The lowest BCUT2D eigenvalue weighted by Gasteiger charge is -2.26. The van der Waals surface area contributed by atoms with E-state index in [1.54, 1.807) is 27.0 Å². The maximum absolute atomic E-state index is 11.9. The number of benzene rings is 1. The summed E-state index contributed by atoms with van der Waals surface area (Å²) in [5.74, 6) is -0.407. The molecule has 0 saturated heterocycles. The zero-order valence-corrected chi connectivity index (χ0v) is 13.6. The molecule has 1 N–H and O–H groups in total. The molecule has 1 rings (SSSR count). The smallest absolute Gasteiger partial charge is 0.329 e. The topological polar surface area (TPSA) is 90.7 Å². The van der Waals surface area contributed by atoms with Crippen molar-refractivity contribution in [3.8, 4) is 5.75 Å². The van der Waals surface area contributed by atoms with Crippen molar-refractivity contribution in [1.82, 2.24) is 5.32 Å². The molecule has 0 heterocycles. The minimum absolute atomic E-state index is 0.0771. The van der Waals surface area contributed by atoms with Gasteiger partial charge in [-0.15, -0.1) is 0 Å². The number of carbonyl (C=O) groups is 1. The van der Waals surface area contributed by atoms with E-state index in [0.29, 0.717) is 4.47 Å². The lowest BCUT2D eigenvalue weighted by atomic mass is 10.1. The summed E-state index contributed by atoms with van der Waals surface area (Å²) in [6.45, 7) is 3.44. The highest BCUT2D eigenvalue weighted by Crippen LogP contribution is 2.35. The number of carbonyl (C=O) groups excluding carboxylic acids is 1. The Morgan fingerprint density at radius 1 is 1.52 bits per heavy atom. The molecule has 7 nitrogen and oxygen atoms in total. The number of nitro groups is 1. The summed E-state index contributed by atoms with van der Waals surface area (Å²) in [5.41, 5.74) is -1.27. The first-order valence-electron chi connectivity index (χ1n) is 6.27. The van der Waals surface area contributed by atoms with Crippen LogP contribution in [0.2, 0.25) is 0 Å². The molecule has 1 aromatic rings. The van der Waals surface area contributed by atoms with Gasteiger partial charge in [0.25, 0.3) is 0 Å². The van der Waals surface area contributed by atoms with E-state index in [-0.39, 0.29) is 24.7 Å². The fourth-order valence-corrected chi connectivity index (χ4v) is 1.99. The van der Waals surface area contributed by atoms with Gasteiger partial charge in [-0.3, -0.25) is 10.1 Å². The molecule has 1 aromatic carbocycles. The van der Waals surface area contributed by atoms with Crippen LogP contribution in [0.4, 0.5) is 5.69 Å². The van der Waals surface area contributed by atoms with Gasteiger partial charge < -0.3 is 14.8 Å². The molecule has 116 valence electrons. The predicted octanol–water partition coefficient (Wildman–Crippen LogP) is 2.28. The van der Waals surface area contributed by atoms with Crippen molar-refractivity contribution in [2.75, 3.05) is 20.3 Å². The molecule has 0 radical (unpaired) electrons. The summed E-state index contributed by atoms with van der Waals surface area (Å²) in [6.07, 6.45) is 0. The minimum atomic E-state index is -1.10. The third-order valence-electron chi connectivity index (χ3n) is 2.93. The molecule has 8 heteroatoms. The highest BCUT2D eigenvalue weighted by molar-refractivity contribution is 9.10. The Labute approximate surface area is 130 Å². The van der Waals surface area contributed by atoms with Crippen LogP contribution in [0, 0.1) is 10.1 Å². The molecule has 0 aliphatic carbocycles. The van der Waals surface area contributed by atoms with Crippen LogP contribution in [-0.4, -0.2) is 36.7 Å². The first kappa shape index (κ1) is 17.4. The highest BCUT2D eigenvalue weighted by Gasteiger charge is 2.35. The maximum Gasteiger partial charge on any atom is 0.329 e. The van der Waals surface area contributed by atoms with E-state index >= 15 is 0 Å². The average molecular weight is 361 g/mol. The molecule has 1 unspecified atom stereocenters. The molecular formula is C13H17BrN2O5. The highest BCUT2D eigenvalue weighted by atomic mass is 79.9. The second-order valence-electron chi connectivity index (χ2n) is 4.44. The Morgan fingerprint density at radius 3 is 2.71 bits per heavy atom. The Kier molecular flexibility index (Phi) is 6.10. The molecule has 0 bridgehead atoms. The van der Waals surface area contributed by atoms with Gasteiger partial charge in [0.2, 0.25) is 5.75 Å². The van der Waals surface area contributed by atoms with Crippen molar-refractivity contribution in [2.45, 2.75) is 19.4 Å². The van der Waals surface area contributed by atoms with Gasteiger partial charge in [-0.1, -0.05) is 6.07 Å². The molecule has 0 saturated carbocycles. The Morgan fingerprint density at radius 2 is 2.19 bits per heavy atom. The van der Waals surface area contributed by atoms with Gasteiger partial charge in [-0.05, 0) is 42.9 Å². The fraction of sp³-hybridized carbons (Fsp3) is 0.462. The number of nitrogens with one attached hydrogen (secondary N) is 1. The Balaban J connectivity index is 2.96. The van der Waals surface area contributed by atoms with Crippen LogP contribution in [0.25, 0.3) is 0 Å². The van der Waals surface area contributed by atoms with E-state index in [1.165, 1.54) is 12.1 Å². The van der Waals surface area contributed by atoms with Gasteiger partial charge in [0.15, 0.2) is 0 Å². The SMILES string of the molecule is CCOC(=O)C(C)(COc1c(Br)cccc1[N+](=O)[O-])NC. The predicted molar refractivity (Wildman–Crippen MR) is 80.4 cm³/mol. The van der Waals surface area contributed by atoms with Gasteiger partial charge in [0, 0.05) is 6.07 Å². The fourth-order valence-electron chi connectivity index (χ4n) is 1.52. The molecular weight excluding hydrogens is 344 g/mol. The van der Waals surface area contributed by atoms with Crippen molar-refractivity contribution in [2.24, 2.45) is 0 Å². The van der Waals surface area contributed by atoms with E-state index < -0.39 is 16.4 Å². The average Bonchev–Trinajstić information content (AvgIpc) is 2.45. The van der Waals surface area contributed by atoms with Crippen molar-refractivity contribution in [3.63, 3.8) is 0 Å². The summed E-state index contributed by atoms with van der Waals surface area (Å²) in [6, 6.07) is 4.50. The monoisotopic (exact) mass is 360 g/mol. The molecule has 21 heavy (non-hydrogen) atoms. The van der Waals surface area contributed by atoms with E-state index in [1.807, 2.05) is 0 Å². The summed E-state index contributed by atoms with van der Waals surface area (Å²) in [7, 11) is 1.59. The number of esters is 1. The first-order chi connectivity index (χ1) is 9.85. The maximum atomic E-state index is 11.9. The number of hydrogen-bond donors (Lipinski definition) is 1. The van der Waals surface area contributed by atoms with Crippen LogP contribution in [0.15, 0.2) is 22.7 Å². The zero-order chi connectivity index (χ0) is 16.0. The van der Waals surface area contributed by atoms with Crippen LogP contribution in [0.5, 0.6) is 5.75 Å². The van der Waals surface area contributed by atoms with E-state index in [9.17, 15) is 14.9 Å².